The monoisotopic (exact) mass is 422 g/mol. The smallest absolute Gasteiger partial charge is 0.335 e. The predicted molar refractivity (Wildman–Crippen MR) is 118 cm³/mol. The van der Waals surface area contributed by atoms with Gasteiger partial charge in [-0.3, -0.25) is 0 Å². The first-order valence-electron chi connectivity index (χ1n) is 10.8. The molecule has 2 aromatic rings. The van der Waals surface area contributed by atoms with Gasteiger partial charge in [0.1, 0.15) is 6.61 Å². The van der Waals surface area contributed by atoms with E-state index in [9.17, 15) is 4.79 Å². The SMILES string of the molecule is COc1cc([C@H]2OC[C@@H]3[C@H](C)[C@@H]2C(C)=C[C@@H]3C)ccc1OCc1ccc(C(=O)O)cc1. The molecule has 0 radical (unpaired) electrons. The van der Waals surface area contributed by atoms with Crippen molar-refractivity contribution in [2.45, 2.75) is 33.5 Å². The zero-order chi connectivity index (χ0) is 22.1. The molecule has 5 nitrogen and oxygen atoms in total. The molecular formula is C26H30O5. The Morgan fingerprint density at radius 2 is 1.87 bits per heavy atom. The lowest BCUT2D eigenvalue weighted by Gasteiger charge is -2.47. The van der Waals surface area contributed by atoms with Crippen LogP contribution in [0.5, 0.6) is 11.5 Å². The molecule has 0 unspecified atom stereocenters. The van der Waals surface area contributed by atoms with Crippen LogP contribution in [0.3, 0.4) is 0 Å². The summed E-state index contributed by atoms with van der Waals surface area (Å²) in [6, 6.07) is 12.7. The van der Waals surface area contributed by atoms with Crippen LogP contribution in [0.2, 0.25) is 0 Å². The molecule has 2 aromatic carbocycles. The Balaban J connectivity index is 1.52. The zero-order valence-electron chi connectivity index (χ0n) is 18.5. The van der Waals surface area contributed by atoms with Gasteiger partial charge < -0.3 is 19.3 Å². The number of carboxylic acids is 1. The van der Waals surface area contributed by atoms with E-state index in [1.807, 2.05) is 12.1 Å². The summed E-state index contributed by atoms with van der Waals surface area (Å²) in [5.41, 5.74) is 3.66. The Labute approximate surface area is 183 Å². The Morgan fingerprint density at radius 3 is 2.55 bits per heavy atom. The van der Waals surface area contributed by atoms with Crippen molar-refractivity contribution in [3.05, 3.63) is 70.8 Å². The molecule has 1 saturated heterocycles. The molecule has 164 valence electrons. The highest BCUT2D eigenvalue weighted by Crippen LogP contribution is 2.50. The number of hydrogen-bond acceptors (Lipinski definition) is 4. The van der Waals surface area contributed by atoms with E-state index in [0.29, 0.717) is 41.8 Å². The predicted octanol–water partition coefficient (Wildman–Crippen LogP) is 5.51. The third-order valence-electron chi connectivity index (χ3n) is 6.87. The maximum absolute atomic E-state index is 11.0. The molecular weight excluding hydrogens is 392 g/mol. The third kappa shape index (κ3) is 4.19. The van der Waals surface area contributed by atoms with Gasteiger partial charge in [0, 0.05) is 5.92 Å². The van der Waals surface area contributed by atoms with Crippen molar-refractivity contribution in [1.29, 1.82) is 0 Å². The molecule has 1 heterocycles. The second kappa shape index (κ2) is 8.75. The number of carboxylic acid groups (broad SMARTS) is 1. The fourth-order valence-corrected chi connectivity index (χ4v) is 5.13. The first-order valence-corrected chi connectivity index (χ1v) is 10.8. The summed E-state index contributed by atoms with van der Waals surface area (Å²) >= 11 is 0. The Kier molecular flexibility index (Phi) is 6.05. The minimum Gasteiger partial charge on any atom is -0.493 e. The van der Waals surface area contributed by atoms with Crippen molar-refractivity contribution in [2.24, 2.45) is 23.7 Å². The first-order chi connectivity index (χ1) is 14.9. The summed E-state index contributed by atoms with van der Waals surface area (Å²) in [5.74, 6) is 2.47. The maximum atomic E-state index is 11.0. The summed E-state index contributed by atoms with van der Waals surface area (Å²) < 4.78 is 17.9. The average Bonchev–Trinajstić information content (AvgIpc) is 2.76. The van der Waals surface area contributed by atoms with Gasteiger partial charge in [-0.1, -0.05) is 43.7 Å². The summed E-state index contributed by atoms with van der Waals surface area (Å²) in [7, 11) is 1.64. The van der Waals surface area contributed by atoms with Crippen LogP contribution < -0.4 is 9.47 Å². The quantitative estimate of drug-likeness (QED) is 0.622. The molecule has 2 aliphatic rings. The van der Waals surface area contributed by atoms with E-state index in [0.717, 1.165) is 17.7 Å². The minimum atomic E-state index is -0.937. The van der Waals surface area contributed by atoms with Gasteiger partial charge in [-0.25, -0.2) is 4.79 Å². The molecule has 5 atom stereocenters. The molecule has 1 aliphatic heterocycles. The lowest BCUT2D eigenvalue weighted by molar-refractivity contribution is -0.0935. The van der Waals surface area contributed by atoms with Gasteiger partial charge in [-0.05, 0) is 60.1 Å². The van der Waals surface area contributed by atoms with Gasteiger partial charge in [0.25, 0.3) is 0 Å². The standard InChI is InChI=1S/C26H30O5/c1-15-11-16(2)24-17(3)21(15)14-31-25(24)20-9-10-22(23(12-20)29-4)30-13-18-5-7-19(8-6-18)26(27)28/h5-12,15,17,21,24-25H,13-14H2,1-4H3,(H,27,28)/t15-,17-,21-,24-,25+/m0/s1. The van der Waals surface area contributed by atoms with E-state index >= 15 is 0 Å². The molecule has 5 heteroatoms. The Morgan fingerprint density at radius 1 is 1.13 bits per heavy atom. The number of aromatic carboxylic acids is 1. The van der Waals surface area contributed by atoms with E-state index < -0.39 is 5.97 Å². The highest BCUT2D eigenvalue weighted by molar-refractivity contribution is 5.87. The second-order valence-corrected chi connectivity index (χ2v) is 8.77. The fraction of sp³-hybridized carbons (Fsp3) is 0.423. The number of fused-ring (bicyclic) bond motifs is 2. The van der Waals surface area contributed by atoms with Crippen molar-refractivity contribution in [3.8, 4) is 11.5 Å². The second-order valence-electron chi connectivity index (χ2n) is 8.77. The van der Waals surface area contributed by atoms with E-state index in [1.54, 1.807) is 31.4 Å². The van der Waals surface area contributed by atoms with Crippen molar-refractivity contribution in [1.82, 2.24) is 0 Å². The number of ether oxygens (including phenoxy) is 3. The molecule has 0 amide bonds. The lowest BCUT2D eigenvalue weighted by Crippen LogP contribution is -2.42. The fourth-order valence-electron chi connectivity index (χ4n) is 5.13. The van der Waals surface area contributed by atoms with Crippen molar-refractivity contribution in [3.63, 3.8) is 0 Å². The Hall–Kier alpha value is -2.79. The number of hydrogen-bond donors (Lipinski definition) is 1. The van der Waals surface area contributed by atoms with Crippen LogP contribution in [0.25, 0.3) is 0 Å². The normalized spacial score (nSPS) is 27.4. The molecule has 4 rings (SSSR count). The molecule has 1 N–H and O–H groups in total. The van der Waals surface area contributed by atoms with Crippen LogP contribution in [-0.2, 0) is 11.3 Å². The highest BCUT2D eigenvalue weighted by atomic mass is 16.5. The molecule has 1 aliphatic carbocycles. The van der Waals surface area contributed by atoms with Crippen LogP contribution in [0.4, 0.5) is 0 Å². The van der Waals surface area contributed by atoms with E-state index in [2.05, 4.69) is 32.9 Å². The first kappa shape index (κ1) is 21.4. The number of benzene rings is 2. The lowest BCUT2D eigenvalue weighted by atomic mass is 9.64. The van der Waals surface area contributed by atoms with E-state index in [4.69, 9.17) is 19.3 Å². The number of allylic oxidation sites excluding steroid dienone is 1. The van der Waals surface area contributed by atoms with Crippen molar-refractivity contribution < 1.29 is 24.1 Å². The van der Waals surface area contributed by atoms with Crippen LogP contribution in [-0.4, -0.2) is 24.8 Å². The zero-order valence-corrected chi connectivity index (χ0v) is 18.5. The molecule has 1 fully saturated rings. The highest BCUT2D eigenvalue weighted by Gasteiger charge is 2.43. The maximum Gasteiger partial charge on any atom is 0.335 e. The van der Waals surface area contributed by atoms with Crippen LogP contribution >= 0.6 is 0 Å². The van der Waals surface area contributed by atoms with Crippen molar-refractivity contribution >= 4 is 5.97 Å². The largest absolute Gasteiger partial charge is 0.493 e. The Bertz CT molecular complexity index is 978. The van der Waals surface area contributed by atoms with Gasteiger partial charge in [-0.15, -0.1) is 0 Å². The van der Waals surface area contributed by atoms with Gasteiger partial charge in [0.15, 0.2) is 11.5 Å². The summed E-state index contributed by atoms with van der Waals surface area (Å²) in [4.78, 5) is 11.0. The van der Waals surface area contributed by atoms with Crippen LogP contribution in [0.1, 0.15) is 48.4 Å². The summed E-state index contributed by atoms with van der Waals surface area (Å²) in [5, 5.41) is 9.02. The van der Waals surface area contributed by atoms with Gasteiger partial charge in [-0.2, -0.15) is 0 Å². The topological polar surface area (TPSA) is 65.0 Å². The molecule has 31 heavy (non-hydrogen) atoms. The molecule has 2 bridgehead atoms. The van der Waals surface area contributed by atoms with Gasteiger partial charge >= 0.3 is 5.97 Å². The van der Waals surface area contributed by atoms with Gasteiger partial charge in [0.05, 0.1) is 25.4 Å². The number of methoxy groups -OCH3 is 1. The third-order valence-corrected chi connectivity index (χ3v) is 6.87. The van der Waals surface area contributed by atoms with Crippen LogP contribution in [0.15, 0.2) is 54.1 Å². The summed E-state index contributed by atoms with van der Waals surface area (Å²) in [6.45, 7) is 7.97. The van der Waals surface area contributed by atoms with E-state index in [-0.39, 0.29) is 11.7 Å². The number of rotatable bonds is 6. The summed E-state index contributed by atoms with van der Waals surface area (Å²) in [6.07, 6.45) is 2.43. The minimum absolute atomic E-state index is 0.0153. The van der Waals surface area contributed by atoms with Crippen LogP contribution in [0, 0.1) is 23.7 Å². The van der Waals surface area contributed by atoms with Gasteiger partial charge in [0.2, 0.25) is 0 Å². The molecule has 0 spiro atoms. The van der Waals surface area contributed by atoms with E-state index in [1.165, 1.54) is 5.57 Å². The molecule has 0 aromatic heterocycles. The average molecular weight is 423 g/mol. The van der Waals surface area contributed by atoms with Crippen molar-refractivity contribution in [2.75, 3.05) is 13.7 Å². The molecule has 0 saturated carbocycles. The number of carbonyl (C=O) groups is 1.